The number of fused-ring (bicyclic) bond motifs is 1. The van der Waals surface area contributed by atoms with E-state index in [-0.39, 0.29) is 0 Å². The Labute approximate surface area is 164 Å². The van der Waals surface area contributed by atoms with Gasteiger partial charge in [-0.2, -0.15) is 0 Å². The average Bonchev–Trinajstić information content (AvgIpc) is 3.48. The SMILES string of the molecule is COc1ccn2c(-c3cncc(N[C@H]4CNC[C@H]4C4CCCC4)n3)cnc2c1. The van der Waals surface area contributed by atoms with E-state index >= 15 is 0 Å². The molecule has 146 valence electrons. The number of aromatic nitrogens is 4. The van der Waals surface area contributed by atoms with Crippen molar-refractivity contribution in [3.63, 3.8) is 0 Å². The molecule has 2 fully saturated rings. The quantitative estimate of drug-likeness (QED) is 0.711. The smallest absolute Gasteiger partial charge is 0.145 e. The minimum absolute atomic E-state index is 0.416. The first-order valence-electron chi connectivity index (χ1n) is 10.1. The van der Waals surface area contributed by atoms with Crippen LogP contribution >= 0.6 is 0 Å². The maximum atomic E-state index is 5.29. The summed E-state index contributed by atoms with van der Waals surface area (Å²) in [7, 11) is 1.66. The second kappa shape index (κ2) is 7.39. The van der Waals surface area contributed by atoms with Crippen molar-refractivity contribution < 1.29 is 4.74 Å². The molecule has 0 aromatic carbocycles. The first kappa shape index (κ1) is 17.4. The standard InChI is InChI=1S/C21H26N6O/c1-28-15-6-7-27-19(12-24-21(27)8-15)18-11-23-13-20(26-18)25-17-10-22-9-16(17)14-4-2-3-5-14/h6-8,11-14,16-17,22H,2-5,9-10H2,1H3,(H,25,26)/t16-,17-/m0/s1. The minimum Gasteiger partial charge on any atom is -0.497 e. The Morgan fingerprint density at radius 2 is 2.07 bits per heavy atom. The number of rotatable bonds is 5. The second-order valence-electron chi connectivity index (χ2n) is 7.85. The molecule has 4 heterocycles. The number of nitrogens with one attached hydrogen (secondary N) is 2. The summed E-state index contributed by atoms with van der Waals surface area (Å²) in [6.45, 7) is 2.09. The Morgan fingerprint density at radius 3 is 2.93 bits per heavy atom. The van der Waals surface area contributed by atoms with Gasteiger partial charge in [0.15, 0.2) is 0 Å². The highest BCUT2D eigenvalue weighted by Gasteiger charge is 2.35. The van der Waals surface area contributed by atoms with Gasteiger partial charge in [-0.25, -0.2) is 9.97 Å². The highest BCUT2D eigenvalue weighted by Crippen LogP contribution is 2.35. The van der Waals surface area contributed by atoms with E-state index in [1.807, 2.05) is 35.1 Å². The van der Waals surface area contributed by atoms with Crippen LogP contribution in [0.25, 0.3) is 17.0 Å². The molecule has 0 unspecified atom stereocenters. The van der Waals surface area contributed by atoms with Crippen molar-refractivity contribution in [3.8, 4) is 17.1 Å². The molecule has 0 spiro atoms. The molecule has 1 saturated heterocycles. The first-order valence-corrected chi connectivity index (χ1v) is 10.1. The average molecular weight is 378 g/mol. The molecular formula is C21H26N6O. The first-order chi connectivity index (χ1) is 13.8. The summed E-state index contributed by atoms with van der Waals surface area (Å²) in [5.41, 5.74) is 2.56. The zero-order valence-corrected chi connectivity index (χ0v) is 16.1. The zero-order chi connectivity index (χ0) is 18.9. The highest BCUT2D eigenvalue weighted by atomic mass is 16.5. The van der Waals surface area contributed by atoms with E-state index in [0.717, 1.165) is 47.6 Å². The van der Waals surface area contributed by atoms with Gasteiger partial charge < -0.3 is 15.4 Å². The molecule has 1 saturated carbocycles. The zero-order valence-electron chi connectivity index (χ0n) is 16.1. The molecule has 2 atom stereocenters. The van der Waals surface area contributed by atoms with Gasteiger partial charge in [-0.05, 0) is 17.9 Å². The molecule has 7 heteroatoms. The monoisotopic (exact) mass is 378 g/mol. The van der Waals surface area contributed by atoms with Crippen LogP contribution in [0.5, 0.6) is 5.75 Å². The Hall–Kier alpha value is -2.67. The summed E-state index contributed by atoms with van der Waals surface area (Å²) in [6.07, 6.45) is 12.9. The van der Waals surface area contributed by atoms with Gasteiger partial charge in [0.1, 0.15) is 22.9 Å². The Morgan fingerprint density at radius 1 is 1.18 bits per heavy atom. The third kappa shape index (κ3) is 3.20. The predicted molar refractivity (Wildman–Crippen MR) is 108 cm³/mol. The molecule has 7 nitrogen and oxygen atoms in total. The summed E-state index contributed by atoms with van der Waals surface area (Å²) < 4.78 is 7.29. The molecular weight excluding hydrogens is 352 g/mol. The van der Waals surface area contributed by atoms with Crippen LogP contribution in [0, 0.1) is 11.8 Å². The number of ether oxygens (including phenoxy) is 1. The maximum absolute atomic E-state index is 5.29. The lowest BCUT2D eigenvalue weighted by Crippen LogP contribution is -2.32. The van der Waals surface area contributed by atoms with Gasteiger partial charge >= 0.3 is 0 Å². The van der Waals surface area contributed by atoms with Gasteiger partial charge in [-0.15, -0.1) is 0 Å². The molecule has 2 aliphatic rings. The van der Waals surface area contributed by atoms with E-state index in [4.69, 9.17) is 9.72 Å². The van der Waals surface area contributed by atoms with Gasteiger partial charge in [0.25, 0.3) is 0 Å². The topological polar surface area (TPSA) is 76.4 Å². The highest BCUT2D eigenvalue weighted by molar-refractivity contribution is 5.61. The number of nitrogens with zero attached hydrogens (tertiary/aromatic N) is 4. The maximum Gasteiger partial charge on any atom is 0.145 e. The molecule has 5 rings (SSSR count). The van der Waals surface area contributed by atoms with E-state index in [1.54, 1.807) is 13.3 Å². The second-order valence-corrected chi connectivity index (χ2v) is 7.85. The van der Waals surface area contributed by atoms with Crippen LogP contribution < -0.4 is 15.4 Å². The predicted octanol–water partition coefficient (Wildman–Crippen LogP) is 2.99. The lowest BCUT2D eigenvalue weighted by atomic mass is 9.87. The van der Waals surface area contributed by atoms with Crippen LogP contribution in [0.15, 0.2) is 36.9 Å². The van der Waals surface area contributed by atoms with E-state index in [0.29, 0.717) is 12.0 Å². The number of pyridine rings is 1. The Balaban J connectivity index is 1.39. The summed E-state index contributed by atoms with van der Waals surface area (Å²) in [6, 6.07) is 4.25. The normalized spacial score (nSPS) is 22.8. The van der Waals surface area contributed by atoms with Crippen LogP contribution in [-0.2, 0) is 0 Å². The molecule has 2 N–H and O–H groups in total. The van der Waals surface area contributed by atoms with Gasteiger partial charge in [-0.1, -0.05) is 25.7 Å². The molecule has 3 aromatic rings. The third-order valence-electron chi connectivity index (χ3n) is 6.22. The summed E-state index contributed by atoms with van der Waals surface area (Å²) in [4.78, 5) is 13.8. The van der Waals surface area contributed by atoms with E-state index in [1.165, 1.54) is 25.7 Å². The van der Waals surface area contributed by atoms with E-state index in [2.05, 4.69) is 20.6 Å². The largest absolute Gasteiger partial charge is 0.497 e. The van der Waals surface area contributed by atoms with Gasteiger partial charge in [0.05, 0.1) is 31.4 Å². The molecule has 1 aliphatic carbocycles. The fourth-order valence-corrected chi connectivity index (χ4v) is 4.77. The summed E-state index contributed by atoms with van der Waals surface area (Å²) in [5, 5.41) is 7.21. The summed E-state index contributed by atoms with van der Waals surface area (Å²) in [5.74, 6) is 3.13. The Kier molecular flexibility index (Phi) is 4.60. The number of hydrogen-bond donors (Lipinski definition) is 2. The van der Waals surface area contributed by atoms with Gasteiger partial charge in [-0.3, -0.25) is 9.38 Å². The lowest BCUT2D eigenvalue weighted by molar-refractivity contribution is 0.347. The Bertz CT molecular complexity index is 964. The van der Waals surface area contributed by atoms with Gasteiger partial charge in [0, 0.05) is 31.4 Å². The number of anilines is 1. The van der Waals surface area contributed by atoms with Crippen molar-refractivity contribution in [3.05, 3.63) is 36.9 Å². The van der Waals surface area contributed by atoms with Crippen molar-refractivity contribution in [2.45, 2.75) is 31.7 Å². The van der Waals surface area contributed by atoms with Crippen molar-refractivity contribution in [2.24, 2.45) is 11.8 Å². The van der Waals surface area contributed by atoms with Crippen LogP contribution in [0.1, 0.15) is 25.7 Å². The molecule has 28 heavy (non-hydrogen) atoms. The summed E-state index contributed by atoms with van der Waals surface area (Å²) >= 11 is 0. The minimum atomic E-state index is 0.416. The van der Waals surface area contributed by atoms with E-state index < -0.39 is 0 Å². The molecule has 0 radical (unpaired) electrons. The molecule has 1 aliphatic heterocycles. The van der Waals surface area contributed by atoms with Crippen LogP contribution in [-0.4, -0.2) is 45.6 Å². The van der Waals surface area contributed by atoms with E-state index in [9.17, 15) is 0 Å². The fourth-order valence-electron chi connectivity index (χ4n) is 4.77. The van der Waals surface area contributed by atoms with Crippen LogP contribution in [0.2, 0.25) is 0 Å². The van der Waals surface area contributed by atoms with Crippen molar-refractivity contribution in [1.29, 1.82) is 0 Å². The number of methoxy groups -OCH3 is 1. The lowest BCUT2D eigenvalue weighted by Gasteiger charge is -2.25. The fraction of sp³-hybridized carbons (Fsp3) is 0.476. The number of imidazole rings is 1. The third-order valence-corrected chi connectivity index (χ3v) is 6.22. The van der Waals surface area contributed by atoms with Crippen LogP contribution in [0.4, 0.5) is 5.82 Å². The molecule has 0 amide bonds. The van der Waals surface area contributed by atoms with Crippen molar-refractivity contribution >= 4 is 11.5 Å². The molecule has 3 aromatic heterocycles. The van der Waals surface area contributed by atoms with Crippen molar-refractivity contribution in [2.75, 3.05) is 25.5 Å². The molecule has 0 bridgehead atoms. The number of hydrogen-bond acceptors (Lipinski definition) is 6. The van der Waals surface area contributed by atoms with Crippen LogP contribution in [0.3, 0.4) is 0 Å². The van der Waals surface area contributed by atoms with Gasteiger partial charge in [0.2, 0.25) is 0 Å². The van der Waals surface area contributed by atoms with Crippen molar-refractivity contribution in [1.82, 2.24) is 24.7 Å².